The second-order valence-electron chi connectivity index (χ2n) is 8.71. The third kappa shape index (κ3) is 6.77. The maximum Gasteiger partial charge on any atom is 0.275 e. The zero-order chi connectivity index (χ0) is 20.8. The molecule has 3 rings (SSSR count). The monoisotopic (exact) mass is 408 g/mol. The van der Waals surface area contributed by atoms with Gasteiger partial charge in [0.25, 0.3) is 5.91 Å². The van der Waals surface area contributed by atoms with Crippen LogP contribution in [0, 0.1) is 5.92 Å². The molecule has 1 N–H and O–H groups in total. The topological polar surface area (TPSA) is 82.3 Å². The van der Waals surface area contributed by atoms with Crippen LogP contribution in [0.1, 0.15) is 50.0 Å². The third-order valence-electron chi connectivity index (χ3n) is 5.76. The third-order valence-corrected chi connectivity index (χ3v) is 5.76. The lowest BCUT2D eigenvalue weighted by atomic mass is 9.99. The number of piperazine rings is 1. The molecule has 2 aliphatic rings. The molecule has 1 atom stereocenters. The molecular weight excluding hydrogens is 372 g/mol. The molecule has 2 aliphatic heterocycles. The Morgan fingerprint density at radius 1 is 1.21 bits per heavy atom. The fourth-order valence-electron chi connectivity index (χ4n) is 3.83. The second-order valence-corrected chi connectivity index (χ2v) is 8.71. The Labute approximate surface area is 173 Å². The van der Waals surface area contributed by atoms with Gasteiger partial charge in [0.1, 0.15) is 6.26 Å². The Bertz CT molecular complexity index is 634. The maximum atomic E-state index is 12.6. The van der Waals surface area contributed by atoms with Crippen molar-refractivity contribution >= 4 is 5.91 Å². The number of carbonyl (C=O) groups is 1. The second kappa shape index (κ2) is 10.5. The number of nitrogens with zero attached hydrogens (tertiary/aromatic N) is 4. The smallest absolute Gasteiger partial charge is 0.275 e. The first-order valence-corrected chi connectivity index (χ1v) is 10.9. The van der Waals surface area contributed by atoms with Crippen molar-refractivity contribution in [1.29, 1.82) is 0 Å². The number of β-amino-alcohol motifs (C(OH)–C–C–N with tert-alkyl or cyclic N) is 1. The van der Waals surface area contributed by atoms with Gasteiger partial charge in [-0.3, -0.25) is 14.6 Å². The van der Waals surface area contributed by atoms with Crippen LogP contribution in [0.4, 0.5) is 0 Å². The number of oxazole rings is 1. The molecule has 0 aliphatic carbocycles. The quantitative estimate of drug-likeness (QED) is 0.697. The number of amides is 1. The molecule has 29 heavy (non-hydrogen) atoms. The number of piperidine rings is 1. The summed E-state index contributed by atoms with van der Waals surface area (Å²) in [5.41, 5.74) is 0.418. The van der Waals surface area contributed by atoms with Crippen molar-refractivity contribution < 1.29 is 19.1 Å². The number of ether oxygens (including phenoxy) is 1. The molecule has 1 unspecified atom stereocenters. The van der Waals surface area contributed by atoms with Gasteiger partial charge >= 0.3 is 0 Å². The van der Waals surface area contributed by atoms with E-state index in [0.717, 1.165) is 52.1 Å². The Hall–Kier alpha value is -1.48. The molecule has 1 aromatic heterocycles. The molecule has 164 valence electrons. The van der Waals surface area contributed by atoms with Crippen molar-refractivity contribution in [3.05, 3.63) is 17.8 Å². The molecule has 0 spiro atoms. The number of likely N-dealkylation sites (tertiary alicyclic amines) is 1. The first kappa shape index (κ1) is 22.2. The van der Waals surface area contributed by atoms with Gasteiger partial charge in [-0.05, 0) is 32.6 Å². The van der Waals surface area contributed by atoms with Crippen molar-refractivity contribution in [1.82, 2.24) is 19.7 Å². The zero-order valence-corrected chi connectivity index (χ0v) is 18.0. The number of aromatic nitrogens is 1. The van der Waals surface area contributed by atoms with Crippen LogP contribution >= 0.6 is 0 Å². The lowest BCUT2D eigenvalue weighted by Gasteiger charge is -2.35. The molecular formula is C21H36N4O4. The molecule has 1 aromatic rings. The summed E-state index contributed by atoms with van der Waals surface area (Å²) in [7, 11) is 0. The van der Waals surface area contributed by atoms with Crippen LogP contribution in [0.15, 0.2) is 10.7 Å². The highest BCUT2D eigenvalue weighted by Gasteiger charge is 2.25. The first-order chi connectivity index (χ1) is 13.9. The summed E-state index contributed by atoms with van der Waals surface area (Å²) in [5, 5.41) is 10.1. The van der Waals surface area contributed by atoms with Gasteiger partial charge in [-0.15, -0.1) is 0 Å². The predicted molar refractivity (Wildman–Crippen MR) is 110 cm³/mol. The van der Waals surface area contributed by atoms with Crippen LogP contribution in [0.3, 0.4) is 0 Å². The number of hydrogen-bond acceptors (Lipinski definition) is 7. The van der Waals surface area contributed by atoms with Crippen molar-refractivity contribution in [3.8, 4) is 0 Å². The average Bonchev–Trinajstić information content (AvgIpc) is 3.16. The maximum absolute atomic E-state index is 12.6. The standard InChI is InChI=1S/C21H36N4O4/c1-16(2)28-14-18(26)12-23-8-10-24(11-9-23)13-20-22-19(15-29-20)21(27)25-6-4-17(3)5-7-25/h15-18,26H,4-14H2,1-3H3. The van der Waals surface area contributed by atoms with Crippen molar-refractivity contribution in [2.75, 3.05) is 52.4 Å². The number of aliphatic hydroxyl groups excluding tert-OH is 1. The Balaban J connectivity index is 1.40. The summed E-state index contributed by atoms with van der Waals surface area (Å²) in [6.07, 6.45) is 3.29. The molecule has 0 radical (unpaired) electrons. The highest BCUT2D eigenvalue weighted by molar-refractivity contribution is 5.92. The summed E-state index contributed by atoms with van der Waals surface area (Å²) in [6.45, 7) is 12.9. The van der Waals surface area contributed by atoms with E-state index < -0.39 is 6.10 Å². The average molecular weight is 409 g/mol. The minimum atomic E-state index is -0.456. The van der Waals surface area contributed by atoms with E-state index >= 15 is 0 Å². The van der Waals surface area contributed by atoms with Crippen LogP contribution < -0.4 is 0 Å². The normalized spacial score (nSPS) is 21.1. The van der Waals surface area contributed by atoms with Crippen LogP contribution in [-0.4, -0.2) is 95.3 Å². The molecule has 2 fully saturated rings. The number of rotatable bonds is 8. The van der Waals surface area contributed by atoms with Gasteiger partial charge in [0.15, 0.2) is 5.69 Å². The molecule has 8 heteroatoms. The van der Waals surface area contributed by atoms with Crippen LogP contribution in [0.25, 0.3) is 0 Å². The fraction of sp³-hybridized carbons (Fsp3) is 0.810. The van der Waals surface area contributed by atoms with Crippen molar-refractivity contribution in [2.45, 2.75) is 52.4 Å². The van der Waals surface area contributed by atoms with E-state index in [1.165, 1.54) is 6.26 Å². The van der Waals surface area contributed by atoms with Crippen LogP contribution in [-0.2, 0) is 11.3 Å². The van der Waals surface area contributed by atoms with Gasteiger partial charge < -0.3 is 19.2 Å². The summed E-state index contributed by atoms with van der Waals surface area (Å²) >= 11 is 0. The fourth-order valence-corrected chi connectivity index (χ4v) is 3.83. The Morgan fingerprint density at radius 2 is 1.86 bits per heavy atom. The van der Waals surface area contributed by atoms with Gasteiger partial charge in [0, 0.05) is 45.8 Å². The van der Waals surface area contributed by atoms with Gasteiger partial charge in [-0.25, -0.2) is 4.98 Å². The molecule has 8 nitrogen and oxygen atoms in total. The minimum Gasteiger partial charge on any atom is -0.447 e. The summed E-state index contributed by atoms with van der Waals surface area (Å²) in [4.78, 5) is 23.5. The number of carbonyl (C=O) groups excluding carboxylic acids is 1. The van der Waals surface area contributed by atoms with E-state index in [-0.39, 0.29) is 12.0 Å². The highest BCUT2D eigenvalue weighted by atomic mass is 16.5. The largest absolute Gasteiger partial charge is 0.447 e. The molecule has 1 amide bonds. The van der Waals surface area contributed by atoms with Gasteiger partial charge in [0.05, 0.1) is 25.4 Å². The molecule has 3 heterocycles. The molecule has 0 aromatic carbocycles. The molecule has 0 saturated carbocycles. The lowest BCUT2D eigenvalue weighted by molar-refractivity contribution is -0.0151. The molecule has 2 saturated heterocycles. The van der Waals surface area contributed by atoms with E-state index in [4.69, 9.17) is 9.15 Å². The van der Waals surface area contributed by atoms with E-state index in [9.17, 15) is 9.90 Å². The zero-order valence-electron chi connectivity index (χ0n) is 18.0. The Morgan fingerprint density at radius 3 is 2.52 bits per heavy atom. The van der Waals surface area contributed by atoms with E-state index in [2.05, 4.69) is 21.7 Å². The van der Waals surface area contributed by atoms with Crippen LogP contribution in [0.5, 0.6) is 0 Å². The SMILES string of the molecule is CC1CCN(C(=O)c2coc(CN3CCN(CC(O)COC(C)C)CC3)n2)CC1. The molecule has 0 bridgehead atoms. The summed E-state index contributed by atoms with van der Waals surface area (Å²) in [5.74, 6) is 1.27. The van der Waals surface area contributed by atoms with Gasteiger partial charge in [0.2, 0.25) is 5.89 Å². The van der Waals surface area contributed by atoms with Crippen molar-refractivity contribution in [3.63, 3.8) is 0 Å². The minimum absolute atomic E-state index is 0.0191. The first-order valence-electron chi connectivity index (χ1n) is 10.9. The van der Waals surface area contributed by atoms with E-state index in [1.54, 1.807) is 0 Å². The Kier molecular flexibility index (Phi) is 8.06. The lowest BCUT2D eigenvalue weighted by Crippen LogP contribution is -2.48. The highest BCUT2D eigenvalue weighted by Crippen LogP contribution is 2.18. The predicted octanol–water partition coefficient (Wildman–Crippen LogP) is 1.45. The van der Waals surface area contributed by atoms with E-state index in [1.807, 2.05) is 18.7 Å². The van der Waals surface area contributed by atoms with Crippen molar-refractivity contribution in [2.24, 2.45) is 5.92 Å². The van der Waals surface area contributed by atoms with E-state index in [0.29, 0.717) is 37.2 Å². The van der Waals surface area contributed by atoms with Crippen LogP contribution in [0.2, 0.25) is 0 Å². The number of hydrogen-bond donors (Lipinski definition) is 1. The van der Waals surface area contributed by atoms with Gasteiger partial charge in [-0.1, -0.05) is 6.92 Å². The van der Waals surface area contributed by atoms with Gasteiger partial charge in [-0.2, -0.15) is 0 Å². The summed E-state index contributed by atoms with van der Waals surface area (Å²) in [6, 6.07) is 0. The number of aliphatic hydroxyl groups is 1. The summed E-state index contributed by atoms with van der Waals surface area (Å²) < 4.78 is 11.1.